The molecule has 3 aliphatic heterocycles. The Morgan fingerprint density at radius 3 is 2.52 bits per heavy atom. The van der Waals surface area contributed by atoms with Gasteiger partial charge in [0.15, 0.2) is 0 Å². The van der Waals surface area contributed by atoms with Gasteiger partial charge in [-0.1, -0.05) is 88.7 Å². The van der Waals surface area contributed by atoms with Gasteiger partial charge in [-0.15, -0.1) is 13.2 Å². The molecule has 3 amide bonds. The van der Waals surface area contributed by atoms with Crippen molar-refractivity contribution < 1.29 is 33.8 Å². The molecular weight excluding hydrogens is 702 g/mol. The van der Waals surface area contributed by atoms with Crippen LogP contribution in [0.25, 0.3) is 10.8 Å². The number of aliphatic hydroxyl groups is 1. The van der Waals surface area contributed by atoms with Crippen LogP contribution in [-0.2, 0) is 28.7 Å². The second kappa shape index (κ2) is 14.9. The summed E-state index contributed by atoms with van der Waals surface area (Å²) in [4.78, 5) is 58.8. The van der Waals surface area contributed by atoms with Crippen molar-refractivity contribution >= 4 is 56.1 Å². The summed E-state index contributed by atoms with van der Waals surface area (Å²) in [5, 5.41) is 15.6. The Bertz CT molecular complexity index is 1790. The third-order valence-electron chi connectivity index (χ3n) is 10.0. The lowest BCUT2D eigenvalue weighted by Gasteiger charge is -2.39. The number of halogens is 1. The Morgan fingerprint density at radius 2 is 1.82 bits per heavy atom. The molecule has 3 fully saturated rings. The highest BCUT2D eigenvalue weighted by molar-refractivity contribution is 9.09. The van der Waals surface area contributed by atoms with Crippen LogP contribution in [-0.4, -0.2) is 82.1 Å². The first-order valence-corrected chi connectivity index (χ1v) is 17.9. The second-order valence-corrected chi connectivity index (χ2v) is 14.3. The van der Waals surface area contributed by atoms with Crippen LogP contribution in [0.2, 0.25) is 0 Å². The molecular formula is C39H42BrN3O7. The molecule has 0 aliphatic carbocycles. The van der Waals surface area contributed by atoms with Crippen molar-refractivity contribution in [2.45, 2.75) is 60.9 Å². The maximum atomic E-state index is 15.1. The van der Waals surface area contributed by atoms with E-state index < -0.39 is 66.1 Å². The lowest BCUT2D eigenvalue weighted by atomic mass is 9.70. The molecule has 2 N–H and O–H groups in total. The van der Waals surface area contributed by atoms with Crippen LogP contribution < -0.4 is 10.2 Å². The number of likely N-dealkylation sites (tertiary alicyclic amines) is 1. The van der Waals surface area contributed by atoms with Gasteiger partial charge in [0.1, 0.15) is 17.7 Å². The number of allylic oxidation sites excluding steroid dienone is 1. The van der Waals surface area contributed by atoms with E-state index in [0.717, 1.165) is 10.8 Å². The van der Waals surface area contributed by atoms with E-state index in [9.17, 15) is 19.5 Å². The van der Waals surface area contributed by atoms with Gasteiger partial charge in [-0.2, -0.15) is 0 Å². The number of carbonyl (C=O) groups is 4. The van der Waals surface area contributed by atoms with E-state index in [1.54, 1.807) is 36.1 Å². The first-order valence-electron chi connectivity index (χ1n) is 16.9. The van der Waals surface area contributed by atoms with Crippen molar-refractivity contribution in [3.63, 3.8) is 0 Å². The van der Waals surface area contributed by atoms with Crippen molar-refractivity contribution in [2.24, 2.45) is 11.8 Å². The minimum Gasteiger partial charge on any atom is -0.460 e. The van der Waals surface area contributed by atoms with Gasteiger partial charge in [0.25, 0.3) is 5.91 Å². The Hall–Kier alpha value is -4.32. The minimum atomic E-state index is -1.39. The Kier molecular flexibility index (Phi) is 10.6. The smallest absolute Gasteiger partial charge is 0.312 e. The third-order valence-corrected chi connectivity index (χ3v) is 10.9. The number of carbonyl (C=O) groups excluding carboxylic acids is 4. The quantitative estimate of drug-likeness (QED) is 0.137. The van der Waals surface area contributed by atoms with E-state index in [2.05, 4.69) is 34.4 Å². The van der Waals surface area contributed by atoms with Crippen molar-refractivity contribution in [1.29, 1.82) is 0 Å². The first kappa shape index (κ1) is 35.5. The minimum absolute atomic E-state index is 0.0948. The number of esters is 1. The van der Waals surface area contributed by atoms with Crippen molar-refractivity contribution in [1.82, 2.24) is 10.2 Å². The van der Waals surface area contributed by atoms with Gasteiger partial charge < -0.3 is 29.7 Å². The molecule has 8 atom stereocenters. The summed E-state index contributed by atoms with van der Waals surface area (Å²) in [6.45, 7) is 9.00. The van der Waals surface area contributed by atoms with Gasteiger partial charge in [-0.3, -0.25) is 19.2 Å². The number of hydrogen-bond acceptors (Lipinski definition) is 7. The molecule has 0 saturated carbocycles. The van der Waals surface area contributed by atoms with E-state index >= 15 is 4.79 Å². The second-order valence-electron chi connectivity index (χ2n) is 13.2. The van der Waals surface area contributed by atoms with Gasteiger partial charge in [0.05, 0.1) is 37.1 Å². The summed E-state index contributed by atoms with van der Waals surface area (Å²) in [6.07, 6.45) is 2.94. The molecule has 3 aromatic rings. The number of hydrogen-bond donors (Lipinski definition) is 2. The molecule has 2 bridgehead atoms. The standard InChI is InChI=1S/C39H42BrN3O7/c1-4-6-16-31(45)41-22-24(3)49-38(48)32-33-36(46)43(30(23-44)26-13-8-7-9-14-26)35(39(33)21-29(40)34(32)50-39)37(47)42(19-5-2)28-18-17-25-12-10-11-15-27(25)20-28/h4-5,7-15,17-18,20,24,29-30,32-35,44H,1-2,6,16,19,21-23H2,3H3,(H,41,45)/t24-,29?,30+,32-,33+,34-,35-,39+/m0/s1. The van der Waals surface area contributed by atoms with E-state index in [4.69, 9.17) is 9.47 Å². The Labute approximate surface area is 300 Å². The number of rotatable bonds is 14. The summed E-state index contributed by atoms with van der Waals surface area (Å²) in [5.41, 5.74) is -0.135. The Morgan fingerprint density at radius 1 is 1.10 bits per heavy atom. The maximum absolute atomic E-state index is 15.1. The number of aliphatic hydroxyl groups excluding tert-OH is 1. The van der Waals surface area contributed by atoms with Gasteiger partial charge in [0.2, 0.25) is 11.8 Å². The normalized spacial score (nSPS) is 26.3. The van der Waals surface area contributed by atoms with Crippen molar-refractivity contribution in [2.75, 3.05) is 24.6 Å². The number of benzene rings is 3. The summed E-state index contributed by atoms with van der Waals surface area (Å²) in [6, 6.07) is 20.5. The molecule has 3 heterocycles. The lowest BCUT2D eigenvalue weighted by Crippen LogP contribution is -2.57. The molecule has 0 aromatic heterocycles. The molecule has 1 unspecified atom stereocenters. The Balaban J connectivity index is 1.38. The van der Waals surface area contributed by atoms with Crippen LogP contribution >= 0.6 is 15.9 Å². The molecule has 262 valence electrons. The third kappa shape index (κ3) is 6.38. The largest absolute Gasteiger partial charge is 0.460 e. The number of alkyl halides is 1. The molecule has 3 saturated heterocycles. The fourth-order valence-corrected chi connectivity index (χ4v) is 8.77. The first-order chi connectivity index (χ1) is 24.1. The predicted molar refractivity (Wildman–Crippen MR) is 193 cm³/mol. The van der Waals surface area contributed by atoms with Gasteiger partial charge in [-0.25, -0.2) is 0 Å². The fourth-order valence-electron chi connectivity index (χ4n) is 7.82. The highest BCUT2D eigenvalue weighted by Gasteiger charge is 2.77. The summed E-state index contributed by atoms with van der Waals surface area (Å²) in [5.74, 6) is -3.77. The fraction of sp³-hybridized carbons (Fsp3) is 0.385. The number of ether oxygens (including phenoxy) is 2. The van der Waals surface area contributed by atoms with E-state index in [1.807, 2.05) is 60.7 Å². The number of anilines is 1. The van der Waals surface area contributed by atoms with Crippen molar-refractivity contribution in [3.05, 3.63) is 104 Å². The highest BCUT2D eigenvalue weighted by Crippen LogP contribution is 2.61. The molecule has 0 radical (unpaired) electrons. The van der Waals surface area contributed by atoms with Gasteiger partial charge in [0, 0.05) is 23.5 Å². The monoisotopic (exact) mass is 743 g/mol. The van der Waals surface area contributed by atoms with E-state index in [-0.39, 0.29) is 36.7 Å². The molecule has 6 rings (SSSR count). The molecule has 10 nitrogen and oxygen atoms in total. The average molecular weight is 745 g/mol. The number of amides is 3. The van der Waals surface area contributed by atoms with Gasteiger partial charge in [-0.05, 0) is 48.2 Å². The SMILES string of the molecule is C=CCCC(=O)NC[C@H](C)OC(=O)[C@@H]1[C@H]2O[C@@]3(CC2Br)[C@H](C(=O)N(CC=C)c2ccc4ccccc4c2)N([C@H](CO)c2ccccc2)C(=O)[C@@H]13. The van der Waals surface area contributed by atoms with Crippen LogP contribution in [0.5, 0.6) is 0 Å². The molecule has 3 aromatic carbocycles. The molecule has 3 aliphatic rings. The van der Waals surface area contributed by atoms with Crippen LogP contribution in [0.3, 0.4) is 0 Å². The van der Waals surface area contributed by atoms with E-state index in [0.29, 0.717) is 17.7 Å². The number of fused-ring (bicyclic) bond motifs is 2. The molecule has 1 spiro atoms. The zero-order valence-electron chi connectivity index (χ0n) is 28.0. The average Bonchev–Trinajstić information content (AvgIpc) is 3.72. The number of nitrogens with zero attached hydrogens (tertiary/aromatic N) is 2. The predicted octanol–water partition coefficient (Wildman–Crippen LogP) is 4.85. The summed E-state index contributed by atoms with van der Waals surface area (Å²) in [7, 11) is 0. The molecule has 50 heavy (non-hydrogen) atoms. The van der Waals surface area contributed by atoms with Crippen LogP contribution in [0.4, 0.5) is 5.69 Å². The zero-order valence-corrected chi connectivity index (χ0v) is 29.5. The van der Waals surface area contributed by atoms with Crippen LogP contribution in [0.15, 0.2) is 98.1 Å². The lowest BCUT2D eigenvalue weighted by molar-refractivity contribution is -0.159. The zero-order chi connectivity index (χ0) is 35.6. The molecule has 11 heteroatoms. The topological polar surface area (TPSA) is 125 Å². The van der Waals surface area contributed by atoms with Gasteiger partial charge >= 0.3 is 5.97 Å². The summed E-state index contributed by atoms with van der Waals surface area (Å²) >= 11 is 3.71. The van der Waals surface area contributed by atoms with Crippen molar-refractivity contribution in [3.8, 4) is 0 Å². The van der Waals surface area contributed by atoms with Crippen LogP contribution in [0, 0.1) is 11.8 Å². The maximum Gasteiger partial charge on any atom is 0.312 e. The highest BCUT2D eigenvalue weighted by atomic mass is 79.9. The summed E-state index contributed by atoms with van der Waals surface area (Å²) < 4.78 is 12.5. The number of nitrogens with one attached hydrogen (secondary N) is 1. The van der Waals surface area contributed by atoms with E-state index in [1.165, 1.54) is 4.90 Å². The van der Waals surface area contributed by atoms with Crippen LogP contribution in [0.1, 0.15) is 37.8 Å².